The lowest BCUT2D eigenvalue weighted by molar-refractivity contribution is -0.134. The van der Waals surface area contributed by atoms with Crippen LogP contribution in [-0.4, -0.2) is 42.2 Å². The van der Waals surface area contributed by atoms with E-state index < -0.39 is 0 Å². The molecule has 92 valence electrons. The van der Waals surface area contributed by atoms with Crippen molar-refractivity contribution in [1.29, 1.82) is 0 Å². The number of nitrogens with zero attached hydrogens (tertiary/aromatic N) is 2. The van der Waals surface area contributed by atoms with Crippen LogP contribution in [0.15, 0.2) is 12.1 Å². The predicted molar refractivity (Wildman–Crippen MR) is 68.7 cm³/mol. The van der Waals surface area contributed by atoms with Crippen LogP contribution < -0.4 is 4.90 Å². The predicted octanol–water partition coefficient (Wildman–Crippen LogP) is 1.47. The van der Waals surface area contributed by atoms with Gasteiger partial charge >= 0.3 is 0 Å². The van der Waals surface area contributed by atoms with Gasteiger partial charge in [-0.25, -0.2) is 0 Å². The molecule has 4 nitrogen and oxygen atoms in total. The highest BCUT2D eigenvalue weighted by atomic mass is 35.5. The number of anilines is 1. The van der Waals surface area contributed by atoms with Crippen LogP contribution >= 0.6 is 22.9 Å². The molecule has 1 aromatic rings. The van der Waals surface area contributed by atoms with E-state index in [0.29, 0.717) is 13.1 Å². The van der Waals surface area contributed by atoms with Gasteiger partial charge in [0, 0.05) is 18.0 Å². The summed E-state index contributed by atoms with van der Waals surface area (Å²) in [6.07, 6.45) is 0. The lowest BCUT2D eigenvalue weighted by atomic mass is 10.3. The second-order valence-electron chi connectivity index (χ2n) is 3.88. The van der Waals surface area contributed by atoms with Crippen LogP contribution in [0.3, 0.4) is 0 Å². The van der Waals surface area contributed by atoms with E-state index in [4.69, 9.17) is 11.6 Å². The maximum atomic E-state index is 11.9. The number of hydrogen-bond acceptors (Lipinski definition) is 3. The number of amides is 2. The number of aryl methyl sites for hydroxylation is 1. The quantitative estimate of drug-likeness (QED) is 0.765. The molecule has 1 saturated heterocycles. The molecule has 0 spiro atoms. The van der Waals surface area contributed by atoms with Crippen molar-refractivity contribution in [2.45, 2.75) is 6.92 Å². The Morgan fingerprint density at radius 3 is 2.76 bits per heavy atom. The molecule has 0 aromatic carbocycles. The molecule has 2 amide bonds. The molecule has 17 heavy (non-hydrogen) atoms. The maximum absolute atomic E-state index is 11.9. The van der Waals surface area contributed by atoms with Gasteiger partial charge in [-0.1, -0.05) is 0 Å². The fourth-order valence-electron chi connectivity index (χ4n) is 1.77. The molecule has 0 aliphatic carbocycles. The Bertz CT molecular complexity index is 446. The Morgan fingerprint density at radius 1 is 1.47 bits per heavy atom. The van der Waals surface area contributed by atoms with Gasteiger partial charge in [0.05, 0.1) is 5.00 Å². The average Bonchev–Trinajstić information content (AvgIpc) is 2.74. The third-order valence-corrected chi connectivity index (χ3v) is 3.93. The number of thiophene rings is 1. The summed E-state index contributed by atoms with van der Waals surface area (Å²) in [5.41, 5.74) is 0. The van der Waals surface area contributed by atoms with Crippen LogP contribution in [0.4, 0.5) is 5.00 Å². The first-order valence-electron chi connectivity index (χ1n) is 5.32. The topological polar surface area (TPSA) is 40.6 Å². The summed E-state index contributed by atoms with van der Waals surface area (Å²) in [5, 5.41) is 0.950. The van der Waals surface area contributed by atoms with Gasteiger partial charge in [-0.2, -0.15) is 0 Å². The average molecular weight is 273 g/mol. The van der Waals surface area contributed by atoms with E-state index in [9.17, 15) is 9.59 Å². The summed E-state index contributed by atoms with van der Waals surface area (Å²) < 4.78 is 0. The SMILES string of the molecule is Cc1ccc(N2CCN(C(=O)CCl)CC2=O)s1. The first-order chi connectivity index (χ1) is 8.11. The highest BCUT2D eigenvalue weighted by Gasteiger charge is 2.28. The monoisotopic (exact) mass is 272 g/mol. The minimum Gasteiger partial charge on any atom is -0.331 e. The van der Waals surface area contributed by atoms with Gasteiger partial charge in [0.1, 0.15) is 12.4 Å². The summed E-state index contributed by atoms with van der Waals surface area (Å²) >= 11 is 7.06. The van der Waals surface area contributed by atoms with Crippen LogP contribution in [0, 0.1) is 6.92 Å². The standard InChI is InChI=1S/C11H13ClN2O2S/c1-8-2-3-11(17-8)14-5-4-13(7-10(14)16)9(15)6-12/h2-3H,4-7H2,1H3. The first kappa shape index (κ1) is 12.4. The smallest absolute Gasteiger partial charge is 0.247 e. The van der Waals surface area contributed by atoms with Crippen molar-refractivity contribution in [2.24, 2.45) is 0 Å². The fourth-order valence-corrected chi connectivity index (χ4v) is 2.84. The van der Waals surface area contributed by atoms with E-state index in [2.05, 4.69) is 0 Å². The van der Waals surface area contributed by atoms with Crippen LogP contribution in [0.5, 0.6) is 0 Å². The maximum Gasteiger partial charge on any atom is 0.247 e. The highest BCUT2D eigenvalue weighted by molar-refractivity contribution is 7.16. The molecular formula is C11H13ClN2O2S. The van der Waals surface area contributed by atoms with Crippen molar-refractivity contribution in [3.8, 4) is 0 Å². The van der Waals surface area contributed by atoms with E-state index in [1.54, 1.807) is 16.2 Å². The molecule has 0 radical (unpaired) electrons. The molecule has 6 heteroatoms. The molecular weight excluding hydrogens is 260 g/mol. The van der Waals surface area contributed by atoms with Crippen molar-refractivity contribution in [2.75, 3.05) is 30.4 Å². The second kappa shape index (κ2) is 5.06. The number of alkyl halides is 1. The van der Waals surface area contributed by atoms with E-state index in [1.165, 1.54) is 9.78 Å². The molecule has 0 saturated carbocycles. The molecule has 0 N–H and O–H groups in total. The third kappa shape index (κ3) is 2.61. The Kier molecular flexibility index (Phi) is 3.69. The molecule has 2 heterocycles. The number of piperazine rings is 1. The van der Waals surface area contributed by atoms with Crippen molar-refractivity contribution >= 4 is 39.8 Å². The van der Waals surface area contributed by atoms with Gasteiger partial charge in [0.2, 0.25) is 11.8 Å². The molecule has 0 bridgehead atoms. The minimum atomic E-state index is -0.179. The van der Waals surface area contributed by atoms with Gasteiger partial charge < -0.3 is 9.80 Å². The summed E-state index contributed by atoms with van der Waals surface area (Å²) in [4.78, 5) is 27.7. The van der Waals surface area contributed by atoms with Crippen LogP contribution in [0.1, 0.15) is 4.88 Å². The molecule has 0 atom stereocenters. The van der Waals surface area contributed by atoms with Crippen LogP contribution in [0.2, 0.25) is 0 Å². The highest BCUT2D eigenvalue weighted by Crippen LogP contribution is 2.26. The van der Waals surface area contributed by atoms with Crippen LogP contribution in [-0.2, 0) is 9.59 Å². The Hall–Kier alpha value is -1.07. The summed E-state index contributed by atoms with van der Waals surface area (Å²) in [7, 11) is 0. The molecule has 0 unspecified atom stereocenters. The van der Waals surface area contributed by atoms with E-state index in [-0.39, 0.29) is 24.2 Å². The van der Waals surface area contributed by atoms with Crippen molar-refractivity contribution in [3.63, 3.8) is 0 Å². The Balaban J connectivity index is 2.06. The molecule has 2 rings (SSSR count). The lowest BCUT2D eigenvalue weighted by Gasteiger charge is -2.33. The number of carbonyl (C=O) groups is 2. The van der Waals surface area contributed by atoms with E-state index >= 15 is 0 Å². The zero-order valence-electron chi connectivity index (χ0n) is 9.48. The first-order valence-corrected chi connectivity index (χ1v) is 6.67. The van der Waals surface area contributed by atoms with Crippen molar-refractivity contribution in [1.82, 2.24) is 4.90 Å². The number of carbonyl (C=O) groups excluding carboxylic acids is 2. The van der Waals surface area contributed by atoms with E-state index in [0.717, 1.165) is 5.00 Å². The normalized spacial score (nSPS) is 16.5. The Labute approximate surface area is 109 Å². The Morgan fingerprint density at radius 2 is 2.24 bits per heavy atom. The number of rotatable bonds is 2. The molecule has 1 aliphatic heterocycles. The van der Waals surface area contributed by atoms with Gasteiger partial charge in [0.25, 0.3) is 0 Å². The van der Waals surface area contributed by atoms with Crippen LogP contribution in [0.25, 0.3) is 0 Å². The van der Waals surface area contributed by atoms with Crippen molar-refractivity contribution in [3.05, 3.63) is 17.0 Å². The largest absolute Gasteiger partial charge is 0.331 e. The summed E-state index contributed by atoms with van der Waals surface area (Å²) in [6, 6.07) is 3.93. The van der Waals surface area contributed by atoms with Gasteiger partial charge in [-0.15, -0.1) is 22.9 Å². The fraction of sp³-hybridized carbons (Fsp3) is 0.455. The molecule has 1 aliphatic rings. The zero-order valence-corrected chi connectivity index (χ0v) is 11.1. The molecule has 1 fully saturated rings. The second-order valence-corrected chi connectivity index (χ2v) is 5.41. The molecule has 1 aromatic heterocycles. The number of halogens is 1. The minimum absolute atomic E-state index is 0.0448. The van der Waals surface area contributed by atoms with Gasteiger partial charge in [-0.05, 0) is 19.1 Å². The van der Waals surface area contributed by atoms with Crippen molar-refractivity contribution < 1.29 is 9.59 Å². The number of hydrogen-bond donors (Lipinski definition) is 0. The summed E-state index contributed by atoms with van der Waals surface area (Å²) in [6.45, 7) is 3.23. The zero-order chi connectivity index (χ0) is 12.4. The third-order valence-electron chi connectivity index (χ3n) is 2.68. The van der Waals surface area contributed by atoms with Gasteiger partial charge in [-0.3, -0.25) is 9.59 Å². The van der Waals surface area contributed by atoms with E-state index in [1.807, 2.05) is 19.1 Å². The van der Waals surface area contributed by atoms with Gasteiger partial charge in [0.15, 0.2) is 0 Å². The lowest BCUT2D eigenvalue weighted by Crippen LogP contribution is -2.52. The summed E-state index contributed by atoms with van der Waals surface area (Å²) in [5.74, 6) is -0.288.